The molecule has 1 aliphatic rings. The van der Waals surface area contributed by atoms with Crippen molar-refractivity contribution in [2.24, 2.45) is 5.92 Å². The normalized spacial score (nSPS) is 25.6. The molecule has 2 rings (SSSR count). The third kappa shape index (κ3) is 4.23. The number of rotatable bonds is 3. The Morgan fingerprint density at radius 2 is 1.95 bits per heavy atom. The second-order valence-electron chi connectivity index (χ2n) is 5.20. The first kappa shape index (κ1) is 15.9. The van der Waals surface area contributed by atoms with E-state index in [9.17, 15) is 22.0 Å². The standard InChI is InChI=1S/C12H15F5N4/c1-7-2-11(13,14)6-21-9(7)5-20-10-18-3-8(4-19-10)12(15,16)17/h3-4,7,9,21H,2,5-6H2,1H3,(H,18,19,20)/t7-,9?/m1/s1. The van der Waals surface area contributed by atoms with E-state index in [1.807, 2.05) is 0 Å². The van der Waals surface area contributed by atoms with Crippen LogP contribution in [0.1, 0.15) is 18.9 Å². The number of alkyl halides is 5. The predicted molar refractivity (Wildman–Crippen MR) is 66.0 cm³/mol. The molecule has 0 bridgehead atoms. The number of nitrogens with zero attached hydrogens (tertiary/aromatic N) is 2. The average molecular weight is 310 g/mol. The van der Waals surface area contributed by atoms with E-state index in [0.717, 1.165) is 0 Å². The van der Waals surface area contributed by atoms with E-state index in [1.54, 1.807) is 6.92 Å². The Bertz CT molecular complexity index is 474. The Morgan fingerprint density at radius 1 is 1.33 bits per heavy atom. The smallest absolute Gasteiger partial charge is 0.353 e. The summed E-state index contributed by atoms with van der Waals surface area (Å²) in [6.45, 7) is 1.56. The highest BCUT2D eigenvalue weighted by Gasteiger charge is 2.39. The van der Waals surface area contributed by atoms with E-state index in [4.69, 9.17) is 0 Å². The largest absolute Gasteiger partial charge is 0.419 e. The van der Waals surface area contributed by atoms with Gasteiger partial charge in [-0.1, -0.05) is 6.92 Å². The van der Waals surface area contributed by atoms with E-state index in [1.165, 1.54) is 0 Å². The van der Waals surface area contributed by atoms with Crippen LogP contribution in [0.5, 0.6) is 0 Å². The fourth-order valence-corrected chi connectivity index (χ4v) is 2.21. The lowest BCUT2D eigenvalue weighted by molar-refractivity contribution is -0.138. The first-order valence-corrected chi connectivity index (χ1v) is 6.42. The van der Waals surface area contributed by atoms with Gasteiger partial charge in [0.25, 0.3) is 5.92 Å². The van der Waals surface area contributed by atoms with Crippen LogP contribution in [0.2, 0.25) is 0 Å². The third-order valence-corrected chi connectivity index (χ3v) is 3.39. The molecule has 2 atom stereocenters. The van der Waals surface area contributed by atoms with Crippen molar-refractivity contribution in [3.8, 4) is 0 Å². The zero-order valence-corrected chi connectivity index (χ0v) is 11.2. The van der Waals surface area contributed by atoms with Crippen LogP contribution in [0.15, 0.2) is 12.4 Å². The summed E-state index contributed by atoms with van der Waals surface area (Å²) in [6, 6.07) is -0.212. The molecule has 0 spiro atoms. The molecule has 118 valence electrons. The highest BCUT2D eigenvalue weighted by Crippen LogP contribution is 2.29. The molecule has 1 fully saturated rings. The lowest BCUT2D eigenvalue weighted by Gasteiger charge is -2.35. The van der Waals surface area contributed by atoms with Gasteiger partial charge in [0.15, 0.2) is 0 Å². The van der Waals surface area contributed by atoms with Crippen molar-refractivity contribution in [2.45, 2.75) is 31.5 Å². The summed E-state index contributed by atoms with van der Waals surface area (Å²) in [4.78, 5) is 7.13. The van der Waals surface area contributed by atoms with Crippen LogP contribution in [0, 0.1) is 5.92 Å². The van der Waals surface area contributed by atoms with Gasteiger partial charge >= 0.3 is 6.18 Å². The minimum Gasteiger partial charge on any atom is -0.353 e. The molecule has 0 amide bonds. The number of aromatic nitrogens is 2. The Labute approximate surface area is 118 Å². The van der Waals surface area contributed by atoms with Crippen molar-refractivity contribution in [3.63, 3.8) is 0 Å². The van der Waals surface area contributed by atoms with Gasteiger partial charge in [0, 0.05) is 31.4 Å². The Kier molecular flexibility index (Phi) is 4.31. The van der Waals surface area contributed by atoms with Crippen molar-refractivity contribution < 1.29 is 22.0 Å². The predicted octanol–water partition coefficient (Wildman–Crippen LogP) is 2.54. The maximum atomic E-state index is 13.1. The molecule has 1 aliphatic heterocycles. The van der Waals surface area contributed by atoms with Gasteiger partial charge in [-0.25, -0.2) is 18.7 Å². The maximum Gasteiger partial charge on any atom is 0.419 e. The Balaban J connectivity index is 1.89. The first-order valence-electron chi connectivity index (χ1n) is 6.42. The molecule has 1 aromatic rings. The number of hydrogen-bond acceptors (Lipinski definition) is 4. The molecular formula is C12H15F5N4. The zero-order valence-electron chi connectivity index (χ0n) is 11.2. The molecule has 1 aromatic heterocycles. The topological polar surface area (TPSA) is 49.8 Å². The van der Waals surface area contributed by atoms with Crippen molar-refractivity contribution in [3.05, 3.63) is 18.0 Å². The van der Waals surface area contributed by atoms with Gasteiger partial charge in [-0.3, -0.25) is 0 Å². The molecular weight excluding hydrogens is 295 g/mol. The van der Waals surface area contributed by atoms with E-state index in [0.29, 0.717) is 12.4 Å². The van der Waals surface area contributed by atoms with Gasteiger partial charge in [-0.05, 0) is 5.92 Å². The van der Waals surface area contributed by atoms with Crippen LogP contribution >= 0.6 is 0 Å². The molecule has 2 N–H and O–H groups in total. The summed E-state index contributed by atoms with van der Waals surface area (Å²) >= 11 is 0. The van der Waals surface area contributed by atoms with Gasteiger partial charge in [-0.2, -0.15) is 13.2 Å². The number of nitrogens with one attached hydrogen (secondary N) is 2. The van der Waals surface area contributed by atoms with E-state index >= 15 is 0 Å². The Morgan fingerprint density at radius 3 is 2.48 bits per heavy atom. The highest BCUT2D eigenvalue weighted by atomic mass is 19.4. The third-order valence-electron chi connectivity index (χ3n) is 3.39. The SMILES string of the molecule is C[C@@H]1CC(F)(F)CNC1CNc1ncc(C(F)(F)F)cn1. The van der Waals surface area contributed by atoms with E-state index in [2.05, 4.69) is 20.6 Å². The monoisotopic (exact) mass is 310 g/mol. The van der Waals surface area contributed by atoms with Crippen LogP contribution < -0.4 is 10.6 Å². The molecule has 2 heterocycles. The summed E-state index contributed by atoms with van der Waals surface area (Å²) < 4.78 is 63.3. The van der Waals surface area contributed by atoms with E-state index < -0.39 is 24.2 Å². The minimum atomic E-state index is -4.48. The number of piperidine rings is 1. The lowest BCUT2D eigenvalue weighted by atomic mass is 9.90. The molecule has 0 aromatic carbocycles. The van der Waals surface area contributed by atoms with Gasteiger partial charge < -0.3 is 10.6 Å². The lowest BCUT2D eigenvalue weighted by Crippen LogP contribution is -2.52. The summed E-state index contributed by atoms with van der Waals surface area (Å²) in [5, 5.41) is 5.47. The Hall–Kier alpha value is -1.51. The van der Waals surface area contributed by atoms with Crippen LogP contribution in [-0.2, 0) is 6.18 Å². The van der Waals surface area contributed by atoms with Crippen molar-refractivity contribution in [1.29, 1.82) is 0 Å². The van der Waals surface area contributed by atoms with Gasteiger partial charge in [-0.15, -0.1) is 0 Å². The molecule has 9 heteroatoms. The molecule has 0 aliphatic carbocycles. The highest BCUT2D eigenvalue weighted by molar-refractivity contribution is 5.26. The molecule has 4 nitrogen and oxygen atoms in total. The second-order valence-corrected chi connectivity index (χ2v) is 5.20. The van der Waals surface area contributed by atoms with Crippen molar-refractivity contribution in [1.82, 2.24) is 15.3 Å². The summed E-state index contributed by atoms with van der Waals surface area (Å²) in [6.07, 6.45) is -3.34. The second kappa shape index (κ2) is 5.70. The van der Waals surface area contributed by atoms with Crippen LogP contribution in [0.4, 0.5) is 27.9 Å². The molecule has 1 unspecified atom stereocenters. The summed E-state index contributed by atoms with van der Waals surface area (Å²) in [5.41, 5.74) is -0.933. The van der Waals surface area contributed by atoms with Crippen molar-refractivity contribution >= 4 is 5.95 Å². The summed E-state index contributed by atoms with van der Waals surface area (Å²) in [7, 11) is 0. The molecule has 1 saturated heterocycles. The number of halogens is 5. The van der Waals surface area contributed by atoms with Crippen LogP contribution in [0.25, 0.3) is 0 Å². The van der Waals surface area contributed by atoms with Crippen molar-refractivity contribution in [2.75, 3.05) is 18.4 Å². The fourth-order valence-electron chi connectivity index (χ4n) is 2.21. The average Bonchev–Trinajstić information content (AvgIpc) is 2.36. The van der Waals surface area contributed by atoms with Gasteiger partial charge in [0.1, 0.15) is 0 Å². The van der Waals surface area contributed by atoms with Gasteiger partial charge in [0.05, 0.1) is 12.1 Å². The summed E-state index contributed by atoms with van der Waals surface area (Å²) in [5.74, 6) is -2.95. The first-order chi connectivity index (χ1) is 9.67. The number of anilines is 1. The molecule has 21 heavy (non-hydrogen) atoms. The van der Waals surface area contributed by atoms with Crippen LogP contribution in [-0.4, -0.2) is 35.0 Å². The zero-order chi connectivity index (χ0) is 15.7. The van der Waals surface area contributed by atoms with E-state index in [-0.39, 0.29) is 30.9 Å². The van der Waals surface area contributed by atoms with Gasteiger partial charge in [0.2, 0.25) is 5.95 Å². The quantitative estimate of drug-likeness (QED) is 0.843. The van der Waals surface area contributed by atoms with Crippen LogP contribution in [0.3, 0.4) is 0 Å². The molecule has 0 saturated carbocycles. The fraction of sp³-hybridized carbons (Fsp3) is 0.667. The number of hydrogen-bond donors (Lipinski definition) is 2. The maximum absolute atomic E-state index is 13.1. The molecule has 0 radical (unpaired) electrons. The minimum absolute atomic E-state index is 0.0364.